The molecule has 1 aliphatic carbocycles. The molecule has 0 saturated heterocycles. The van der Waals surface area contributed by atoms with Gasteiger partial charge in [0.05, 0.1) is 22.6 Å². The van der Waals surface area contributed by atoms with E-state index in [0.717, 1.165) is 12.1 Å². The van der Waals surface area contributed by atoms with Crippen molar-refractivity contribution in [1.29, 1.82) is 0 Å². The van der Waals surface area contributed by atoms with Gasteiger partial charge in [0.1, 0.15) is 17.2 Å². The van der Waals surface area contributed by atoms with Crippen molar-refractivity contribution in [3.8, 4) is 11.5 Å². The zero-order chi connectivity index (χ0) is 25.9. The number of fused-ring (bicyclic) bond motifs is 1. The number of azo groups is 1. The number of hydrogen-bond acceptors (Lipinski definition) is 8. The quantitative estimate of drug-likeness (QED) is 0.154. The highest BCUT2D eigenvalue weighted by atomic mass is 32.2. The Kier molecular flexibility index (Phi) is 6.79. The summed E-state index contributed by atoms with van der Waals surface area (Å²) >= 11 is 0. The average Bonchev–Trinajstić information content (AvgIpc) is 2.89. The summed E-state index contributed by atoms with van der Waals surface area (Å²) in [5.41, 5.74) is 1.01. The van der Waals surface area contributed by atoms with Gasteiger partial charge in [0, 0.05) is 23.3 Å². The van der Waals surface area contributed by atoms with Gasteiger partial charge in [-0.1, -0.05) is 12.2 Å². The third kappa shape index (κ3) is 5.08. The fourth-order valence-corrected chi connectivity index (χ4v) is 4.70. The van der Waals surface area contributed by atoms with Crippen molar-refractivity contribution in [2.75, 3.05) is 11.8 Å². The molecule has 0 aromatic heterocycles. The Morgan fingerprint density at radius 2 is 1.69 bits per heavy atom. The Balaban J connectivity index is 1.67. The van der Waals surface area contributed by atoms with Gasteiger partial charge >= 0.3 is 0 Å². The number of anilines is 1. The number of nitro groups is 1. The van der Waals surface area contributed by atoms with Gasteiger partial charge in [0.15, 0.2) is 0 Å². The summed E-state index contributed by atoms with van der Waals surface area (Å²) in [6, 6.07) is 12.0. The summed E-state index contributed by atoms with van der Waals surface area (Å²) in [5.74, 6) is -0.509. The van der Waals surface area contributed by atoms with Crippen LogP contribution in [0.4, 0.5) is 17.1 Å². The van der Waals surface area contributed by atoms with Crippen molar-refractivity contribution < 1.29 is 28.0 Å². The molecule has 2 N–H and O–H groups in total. The summed E-state index contributed by atoms with van der Waals surface area (Å²) in [4.78, 5) is 22.6. The van der Waals surface area contributed by atoms with Crippen LogP contribution in [0.15, 0.2) is 81.9 Å². The van der Waals surface area contributed by atoms with Gasteiger partial charge in [0.25, 0.3) is 21.6 Å². The number of benzene rings is 3. The van der Waals surface area contributed by atoms with Crippen LogP contribution in [0.5, 0.6) is 11.5 Å². The number of hydrogen-bond donors (Lipinski definition) is 2. The standard InChI is InChI=1S/C24H20N4O7S/c1-35-17-10-12-18(13-11-17)36(33,34)27-21-14-22(23(29)20-5-3-2-4-19(20)21)25-26-24(30)15-6-8-16(9-7-15)28(31)32/h2-3,6-14,27,29H,4-5H2,1H3. The minimum atomic E-state index is -3.99. The fourth-order valence-electron chi connectivity index (χ4n) is 3.62. The summed E-state index contributed by atoms with van der Waals surface area (Å²) in [5, 5.41) is 29.0. The lowest BCUT2D eigenvalue weighted by molar-refractivity contribution is -0.384. The zero-order valence-corrected chi connectivity index (χ0v) is 19.7. The van der Waals surface area contributed by atoms with Gasteiger partial charge in [-0.05, 0) is 60.9 Å². The van der Waals surface area contributed by atoms with Crippen molar-refractivity contribution in [1.82, 2.24) is 0 Å². The average molecular weight is 509 g/mol. The molecule has 0 aliphatic heterocycles. The number of nitrogens with one attached hydrogen (secondary N) is 1. The van der Waals surface area contributed by atoms with Gasteiger partial charge in [-0.15, -0.1) is 10.2 Å². The molecule has 36 heavy (non-hydrogen) atoms. The van der Waals surface area contributed by atoms with E-state index < -0.39 is 20.9 Å². The highest BCUT2D eigenvalue weighted by molar-refractivity contribution is 7.92. The van der Waals surface area contributed by atoms with Crippen LogP contribution in [0.3, 0.4) is 0 Å². The number of carbonyl (C=O) groups excluding carboxylic acids is 1. The largest absolute Gasteiger partial charge is 0.505 e. The van der Waals surface area contributed by atoms with Gasteiger partial charge in [0.2, 0.25) is 0 Å². The number of methoxy groups -OCH3 is 1. The van der Waals surface area contributed by atoms with Crippen LogP contribution >= 0.6 is 0 Å². The number of non-ortho nitro benzene ring substituents is 1. The topological polar surface area (TPSA) is 161 Å². The molecule has 0 spiro atoms. The van der Waals surface area contributed by atoms with Gasteiger partial charge in [-0.25, -0.2) is 8.42 Å². The minimum Gasteiger partial charge on any atom is -0.505 e. The number of carbonyl (C=O) groups is 1. The lowest BCUT2D eigenvalue weighted by atomic mass is 9.93. The summed E-state index contributed by atoms with van der Waals surface area (Å²) < 4.78 is 33.6. The van der Waals surface area contributed by atoms with E-state index in [0.29, 0.717) is 29.7 Å². The number of phenols is 1. The van der Waals surface area contributed by atoms with Crippen LogP contribution in [0, 0.1) is 10.1 Å². The molecule has 0 bridgehead atoms. The zero-order valence-electron chi connectivity index (χ0n) is 18.9. The fraction of sp³-hybridized carbons (Fsp3) is 0.125. The third-order valence-electron chi connectivity index (χ3n) is 5.50. The number of ether oxygens (including phenoxy) is 1. The van der Waals surface area contributed by atoms with E-state index in [4.69, 9.17) is 4.74 Å². The van der Waals surface area contributed by atoms with Gasteiger partial charge in [-0.3, -0.25) is 19.6 Å². The maximum absolute atomic E-state index is 13.0. The van der Waals surface area contributed by atoms with Crippen molar-refractivity contribution in [3.63, 3.8) is 0 Å². The van der Waals surface area contributed by atoms with E-state index in [2.05, 4.69) is 15.0 Å². The molecule has 3 aromatic carbocycles. The SMILES string of the molecule is COc1ccc(S(=O)(=O)Nc2cc(N=NC(=O)c3ccc([N+](=O)[O-])cc3)c(O)c3c2CC=CC3)cc1. The molecule has 0 radical (unpaired) electrons. The summed E-state index contributed by atoms with van der Waals surface area (Å²) in [7, 11) is -2.52. The third-order valence-corrected chi connectivity index (χ3v) is 6.88. The molecule has 4 rings (SSSR count). The van der Waals surface area contributed by atoms with E-state index in [9.17, 15) is 28.4 Å². The second kappa shape index (κ2) is 9.96. The maximum atomic E-state index is 13.0. The first kappa shape index (κ1) is 24.5. The van der Waals surface area contributed by atoms with Crippen molar-refractivity contribution in [2.45, 2.75) is 17.7 Å². The number of allylic oxidation sites excluding steroid dienone is 2. The highest BCUT2D eigenvalue weighted by Gasteiger charge is 2.23. The summed E-state index contributed by atoms with van der Waals surface area (Å²) in [6.45, 7) is 0. The minimum absolute atomic E-state index is 0.00741. The number of aromatic hydroxyl groups is 1. The predicted octanol–water partition coefficient (Wildman–Crippen LogP) is 4.69. The van der Waals surface area contributed by atoms with Crippen molar-refractivity contribution in [3.05, 3.63) is 93.6 Å². The second-order valence-electron chi connectivity index (χ2n) is 7.72. The first-order valence-corrected chi connectivity index (χ1v) is 12.1. The van der Waals surface area contributed by atoms with Crippen LogP contribution in [0.25, 0.3) is 0 Å². The Bertz CT molecular complexity index is 1500. The highest BCUT2D eigenvalue weighted by Crippen LogP contribution is 2.41. The Morgan fingerprint density at radius 1 is 1.06 bits per heavy atom. The van der Waals surface area contributed by atoms with Crippen molar-refractivity contribution >= 4 is 33.0 Å². The van der Waals surface area contributed by atoms with Crippen LogP contribution < -0.4 is 9.46 Å². The molecule has 1 aliphatic rings. The first-order valence-electron chi connectivity index (χ1n) is 10.6. The van der Waals surface area contributed by atoms with Gasteiger partial charge in [-0.2, -0.15) is 0 Å². The number of amides is 1. The molecule has 0 unspecified atom stereocenters. The molecule has 0 fully saturated rings. The van der Waals surface area contributed by atoms with E-state index >= 15 is 0 Å². The number of rotatable bonds is 7. The number of nitro benzene ring substituents is 1. The van der Waals surface area contributed by atoms with Crippen LogP contribution in [-0.4, -0.2) is 31.5 Å². The van der Waals surface area contributed by atoms with E-state index in [1.807, 2.05) is 12.2 Å². The van der Waals surface area contributed by atoms with Crippen LogP contribution in [0.2, 0.25) is 0 Å². The lowest BCUT2D eigenvalue weighted by Crippen LogP contribution is -2.15. The van der Waals surface area contributed by atoms with E-state index in [-0.39, 0.29) is 33.3 Å². The molecule has 0 saturated carbocycles. The Morgan fingerprint density at radius 3 is 2.31 bits per heavy atom. The summed E-state index contributed by atoms with van der Waals surface area (Å²) in [6.07, 6.45) is 4.39. The van der Waals surface area contributed by atoms with E-state index in [1.165, 1.54) is 49.6 Å². The molecular formula is C24H20N4O7S. The normalized spacial score (nSPS) is 12.8. The van der Waals surface area contributed by atoms with Gasteiger partial charge < -0.3 is 9.84 Å². The number of nitrogens with zero attached hydrogens (tertiary/aromatic N) is 3. The Hall–Kier alpha value is -4.58. The smallest absolute Gasteiger partial charge is 0.295 e. The first-order chi connectivity index (χ1) is 17.2. The molecule has 12 heteroatoms. The molecule has 11 nitrogen and oxygen atoms in total. The molecular weight excluding hydrogens is 488 g/mol. The number of phenolic OH excluding ortho intramolecular Hbond substituents is 1. The molecule has 1 amide bonds. The predicted molar refractivity (Wildman–Crippen MR) is 130 cm³/mol. The molecule has 0 heterocycles. The molecule has 184 valence electrons. The lowest BCUT2D eigenvalue weighted by Gasteiger charge is -2.20. The van der Waals surface area contributed by atoms with Crippen LogP contribution in [0.1, 0.15) is 21.5 Å². The van der Waals surface area contributed by atoms with Crippen molar-refractivity contribution in [2.24, 2.45) is 10.2 Å². The molecule has 3 aromatic rings. The van der Waals surface area contributed by atoms with Crippen LogP contribution in [-0.2, 0) is 22.9 Å². The number of sulfonamides is 1. The monoisotopic (exact) mass is 508 g/mol. The second-order valence-corrected chi connectivity index (χ2v) is 9.40. The van der Waals surface area contributed by atoms with E-state index in [1.54, 1.807) is 0 Å². The molecule has 0 atom stereocenters. The Labute approximate surface area is 206 Å². The maximum Gasteiger partial charge on any atom is 0.295 e.